The van der Waals surface area contributed by atoms with Crippen LogP contribution < -0.4 is 15.5 Å². The van der Waals surface area contributed by atoms with E-state index < -0.39 is 4.92 Å². The van der Waals surface area contributed by atoms with Gasteiger partial charge in [0.2, 0.25) is 5.95 Å². The quantitative estimate of drug-likeness (QED) is 0.464. The largest absolute Gasteiger partial charge is 0.369 e. The molecule has 4 rings (SSSR count). The standard InChI is InChI=1S/C22H23N7O2/c1-16-15-23-22(26-21(16)24-18-4-3-5-20(14-18)29(30)31)25-17-6-8-19(9-7-17)28-12-10-27(2)11-13-28/h4,6-9,14-15H,10-13H2,1-2H3,(H2,23,24,25,26). The van der Waals surface area contributed by atoms with Gasteiger partial charge in [-0.05, 0) is 38.2 Å². The molecule has 9 heteroatoms. The lowest BCUT2D eigenvalue weighted by atomic mass is 10.2. The van der Waals surface area contributed by atoms with Crippen molar-refractivity contribution in [2.75, 3.05) is 48.8 Å². The fourth-order valence-corrected chi connectivity index (χ4v) is 3.30. The molecule has 2 aromatic carbocycles. The summed E-state index contributed by atoms with van der Waals surface area (Å²) in [4.78, 5) is 24.0. The average Bonchev–Trinajstić information content (AvgIpc) is 2.77. The number of aryl methyl sites for hydroxylation is 1. The second kappa shape index (κ2) is 8.85. The average molecular weight is 417 g/mol. The molecule has 1 fully saturated rings. The highest BCUT2D eigenvalue weighted by molar-refractivity contribution is 5.64. The molecule has 0 radical (unpaired) electrons. The topological polar surface area (TPSA) is 99.5 Å². The van der Waals surface area contributed by atoms with E-state index in [0.29, 0.717) is 17.5 Å². The van der Waals surface area contributed by atoms with Crippen molar-refractivity contribution < 1.29 is 4.92 Å². The number of nitrogens with one attached hydrogen (secondary N) is 2. The zero-order valence-corrected chi connectivity index (χ0v) is 17.4. The van der Waals surface area contributed by atoms with Crippen LogP contribution in [0.5, 0.6) is 0 Å². The van der Waals surface area contributed by atoms with Crippen LogP contribution in [0.3, 0.4) is 0 Å². The second-order valence-corrected chi connectivity index (χ2v) is 7.47. The van der Waals surface area contributed by atoms with Crippen molar-refractivity contribution in [3.63, 3.8) is 0 Å². The molecule has 1 saturated heterocycles. The van der Waals surface area contributed by atoms with Crippen LogP contribution in [-0.2, 0) is 0 Å². The van der Waals surface area contributed by atoms with Gasteiger partial charge in [-0.15, -0.1) is 0 Å². The molecule has 1 aromatic heterocycles. The summed E-state index contributed by atoms with van der Waals surface area (Å²) in [5.74, 6) is 0.988. The summed E-state index contributed by atoms with van der Waals surface area (Å²) in [6, 6.07) is 16.3. The van der Waals surface area contributed by atoms with Gasteiger partial charge in [0.05, 0.1) is 10.6 Å². The molecule has 0 saturated carbocycles. The third-order valence-electron chi connectivity index (χ3n) is 5.14. The first-order chi connectivity index (χ1) is 15.0. The summed E-state index contributed by atoms with van der Waals surface area (Å²) in [7, 11) is 2.14. The smallest absolute Gasteiger partial charge is 0.321 e. The number of rotatable bonds is 6. The van der Waals surface area contributed by atoms with Gasteiger partial charge in [0.15, 0.2) is 0 Å². The molecule has 2 N–H and O–H groups in total. The van der Waals surface area contributed by atoms with Crippen LogP contribution in [0.25, 0.3) is 0 Å². The minimum Gasteiger partial charge on any atom is -0.369 e. The van der Waals surface area contributed by atoms with Crippen molar-refractivity contribution in [3.05, 3.63) is 70.4 Å². The fourth-order valence-electron chi connectivity index (χ4n) is 3.30. The molecule has 1 aliphatic rings. The number of hydrogen-bond acceptors (Lipinski definition) is 8. The molecule has 0 unspecified atom stereocenters. The van der Waals surface area contributed by atoms with E-state index in [0.717, 1.165) is 37.4 Å². The molecule has 3 aromatic rings. The van der Waals surface area contributed by atoms with Gasteiger partial charge in [-0.1, -0.05) is 6.07 Å². The number of aromatic nitrogens is 2. The van der Waals surface area contributed by atoms with Crippen LogP contribution in [0.2, 0.25) is 0 Å². The molecule has 9 nitrogen and oxygen atoms in total. The van der Waals surface area contributed by atoms with E-state index in [9.17, 15) is 10.1 Å². The highest BCUT2D eigenvalue weighted by atomic mass is 16.6. The maximum absolute atomic E-state index is 11.0. The first kappa shape index (κ1) is 20.4. The second-order valence-electron chi connectivity index (χ2n) is 7.47. The molecular formula is C22H23N7O2. The molecule has 0 aliphatic carbocycles. The zero-order valence-electron chi connectivity index (χ0n) is 17.4. The Morgan fingerprint density at radius 1 is 1.10 bits per heavy atom. The van der Waals surface area contributed by atoms with Crippen molar-refractivity contribution in [1.82, 2.24) is 14.9 Å². The Morgan fingerprint density at radius 2 is 1.84 bits per heavy atom. The van der Waals surface area contributed by atoms with E-state index in [1.54, 1.807) is 12.3 Å². The number of hydrogen-bond donors (Lipinski definition) is 2. The van der Waals surface area contributed by atoms with Crippen molar-refractivity contribution in [2.45, 2.75) is 6.92 Å². The molecule has 158 valence electrons. The molecule has 31 heavy (non-hydrogen) atoms. The van der Waals surface area contributed by atoms with Gasteiger partial charge < -0.3 is 20.4 Å². The summed E-state index contributed by atoms with van der Waals surface area (Å²) < 4.78 is 0. The van der Waals surface area contributed by atoms with E-state index in [1.165, 1.54) is 11.8 Å². The van der Waals surface area contributed by atoms with Gasteiger partial charge in [0.25, 0.3) is 0 Å². The third kappa shape index (κ3) is 4.99. The summed E-state index contributed by atoms with van der Waals surface area (Å²) in [6.07, 6.45) is 1.70. The summed E-state index contributed by atoms with van der Waals surface area (Å²) in [6.45, 7) is 6.03. The van der Waals surface area contributed by atoms with Crippen LogP contribution in [0.4, 0.5) is 34.5 Å². The lowest BCUT2D eigenvalue weighted by molar-refractivity contribution is -0.384. The molecule has 0 spiro atoms. The number of anilines is 5. The number of piperazine rings is 1. The lowest BCUT2D eigenvalue weighted by Gasteiger charge is -2.34. The monoisotopic (exact) mass is 417 g/mol. The van der Waals surface area contributed by atoms with Gasteiger partial charge in [0.1, 0.15) is 5.82 Å². The van der Waals surface area contributed by atoms with Crippen molar-refractivity contribution >= 4 is 34.5 Å². The molecule has 0 atom stereocenters. The zero-order chi connectivity index (χ0) is 21.8. The fraction of sp³-hybridized carbons (Fsp3) is 0.273. The molecular weight excluding hydrogens is 394 g/mol. The highest BCUT2D eigenvalue weighted by Crippen LogP contribution is 2.24. The molecule has 0 amide bonds. The van der Waals surface area contributed by atoms with E-state index in [4.69, 9.17) is 0 Å². The van der Waals surface area contributed by atoms with Crippen LogP contribution in [0.1, 0.15) is 5.56 Å². The Morgan fingerprint density at radius 3 is 2.55 bits per heavy atom. The van der Waals surface area contributed by atoms with Crippen molar-refractivity contribution in [1.29, 1.82) is 0 Å². The minimum absolute atomic E-state index is 0.157. The SMILES string of the molecule is Cc1cnc(Nc2ccc(N3CCN(C)CC3)cc2)nc1Nc1cc#cc([N+](=O)[O-])c1. The van der Waals surface area contributed by atoms with Crippen molar-refractivity contribution in [3.8, 4) is 0 Å². The Hall–Kier alpha value is -3.90. The van der Waals surface area contributed by atoms with Crippen LogP contribution >= 0.6 is 0 Å². The predicted molar refractivity (Wildman–Crippen MR) is 120 cm³/mol. The number of nitrogens with zero attached hydrogens (tertiary/aromatic N) is 5. The highest BCUT2D eigenvalue weighted by Gasteiger charge is 2.14. The Kier molecular flexibility index (Phi) is 5.82. The number of likely N-dealkylation sites (N-methyl/N-ethyl adjacent to an activating group) is 1. The summed E-state index contributed by atoms with van der Waals surface area (Å²) >= 11 is 0. The Balaban J connectivity index is 1.46. The normalized spacial score (nSPS) is 14.1. The molecule has 0 bridgehead atoms. The van der Waals surface area contributed by atoms with E-state index in [1.807, 2.05) is 19.1 Å². The van der Waals surface area contributed by atoms with Gasteiger partial charge in [-0.25, -0.2) is 4.98 Å². The maximum atomic E-state index is 11.0. The first-order valence-corrected chi connectivity index (χ1v) is 9.97. The Bertz CT molecular complexity index is 1060. The third-order valence-corrected chi connectivity index (χ3v) is 5.14. The van der Waals surface area contributed by atoms with Crippen LogP contribution in [0, 0.1) is 29.2 Å². The lowest BCUT2D eigenvalue weighted by Crippen LogP contribution is -2.44. The molecule has 1 aliphatic heterocycles. The maximum Gasteiger partial charge on any atom is 0.321 e. The van der Waals surface area contributed by atoms with E-state index >= 15 is 0 Å². The van der Waals surface area contributed by atoms with Crippen molar-refractivity contribution in [2.24, 2.45) is 0 Å². The van der Waals surface area contributed by atoms with Crippen LogP contribution in [-0.4, -0.2) is 53.0 Å². The van der Waals surface area contributed by atoms with E-state index in [-0.39, 0.29) is 5.69 Å². The van der Waals surface area contributed by atoms with Gasteiger partial charge >= 0.3 is 5.69 Å². The van der Waals surface area contributed by atoms with Gasteiger partial charge in [-0.3, -0.25) is 10.1 Å². The van der Waals surface area contributed by atoms with Gasteiger partial charge in [-0.2, -0.15) is 4.98 Å². The summed E-state index contributed by atoms with van der Waals surface area (Å²) in [5.41, 5.74) is 3.24. The minimum atomic E-state index is -0.507. The van der Waals surface area contributed by atoms with Crippen LogP contribution in [0.15, 0.2) is 42.6 Å². The van der Waals surface area contributed by atoms with E-state index in [2.05, 4.69) is 61.7 Å². The summed E-state index contributed by atoms with van der Waals surface area (Å²) in [5, 5.41) is 17.3. The number of nitro groups is 1. The number of benzene rings is 1. The molecule has 2 heterocycles. The first-order valence-electron chi connectivity index (χ1n) is 9.97. The van der Waals surface area contributed by atoms with Gasteiger partial charge in [0, 0.05) is 67.5 Å². The Labute approximate surface area is 180 Å². The predicted octanol–water partition coefficient (Wildman–Crippen LogP) is 3.53.